The Labute approximate surface area is 153 Å². The highest BCUT2D eigenvalue weighted by molar-refractivity contribution is 7.25. The Bertz CT molecular complexity index is 1420. The van der Waals surface area contributed by atoms with Crippen LogP contribution in [-0.4, -0.2) is 9.55 Å². The van der Waals surface area contributed by atoms with Crippen molar-refractivity contribution in [3.63, 3.8) is 0 Å². The third-order valence-corrected chi connectivity index (χ3v) is 6.17. The lowest BCUT2D eigenvalue weighted by molar-refractivity contribution is 1.18. The number of benzene rings is 3. The molecular weight excluding hydrogens is 336 g/mol. The molecule has 0 spiro atoms. The zero-order chi connectivity index (χ0) is 17.1. The molecule has 3 heteroatoms. The van der Waals surface area contributed by atoms with Gasteiger partial charge in [-0.25, -0.2) is 0 Å². The molecule has 0 unspecified atom stereocenters. The number of hydrogen-bond acceptors (Lipinski definition) is 2. The summed E-state index contributed by atoms with van der Waals surface area (Å²) in [5, 5.41) is 3.85. The summed E-state index contributed by atoms with van der Waals surface area (Å²) in [6, 6.07) is 28.0. The number of aromatic nitrogens is 2. The van der Waals surface area contributed by atoms with E-state index in [1.165, 1.54) is 36.8 Å². The molecule has 6 aromatic rings. The van der Waals surface area contributed by atoms with Crippen LogP contribution in [0.2, 0.25) is 0 Å². The Morgan fingerprint density at radius 1 is 0.654 bits per heavy atom. The summed E-state index contributed by atoms with van der Waals surface area (Å²) in [6.45, 7) is 0. The predicted octanol–water partition coefficient (Wildman–Crippen LogP) is 6.55. The molecule has 122 valence electrons. The monoisotopic (exact) mass is 350 g/mol. The number of thiophene rings is 1. The van der Waals surface area contributed by atoms with Gasteiger partial charge in [0.25, 0.3) is 0 Å². The molecule has 0 atom stereocenters. The molecule has 3 aromatic heterocycles. The third-order valence-electron chi connectivity index (χ3n) is 5.03. The van der Waals surface area contributed by atoms with E-state index >= 15 is 0 Å². The maximum atomic E-state index is 4.71. The van der Waals surface area contributed by atoms with Gasteiger partial charge < -0.3 is 4.57 Å². The van der Waals surface area contributed by atoms with Gasteiger partial charge in [-0.05, 0) is 42.5 Å². The first-order valence-electron chi connectivity index (χ1n) is 8.66. The lowest BCUT2D eigenvalue weighted by Gasteiger charge is -2.07. The van der Waals surface area contributed by atoms with E-state index in [0.717, 1.165) is 11.0 Å². The average molecular weight is 350 g/mol. The van der Waals surface area contributed by atoms with Gasteiger partial charge in [0.2, 0.25) is 0 Å². The molecule has 0 aliphatic heterocycles. The molecule has 0 N–H and O–H groups in total. The van der Waals surface area contributed by atoms with E-state index in [1.54, 1.807) is 0 Å². The molecule has 0 saturated heterocycles. The fourth-order valence-corrected chi connectivity index (χ4v) is 5.03. The fourth-order valence-electron chi connectivity index (χ4n) is 3.91. The molecular formula is C23H14N2S. The first-order valence-corrected chi connectivity index (χ1v) is 9.48. The summed E-state index contributed by atoms with van der Waals surface area (Å²) in [5.41, 5.74) is 4.59. The summed E-state index contributed by atoms with van der Waals surface area (Å²) < 4.78 is 4.97. The van der Waals surface area contributed by atoms with E-state index in [1.807, 2.05) is 23.6 Å². The molecule has 0 amide bonds. The van der Waals surface area contributed by atoms with Crippen molar-refractivity contribution in [3.8, 4) is 5.69 Å². The SMILES string of the molecule is c1ccc(-n2c3cc4sc5ccccc5c4cc3c3ncccc32)cc1. The molecule has 3 aromatic carbocycles. The quantitative estimate of drug-likeness (QED) is 0.329. The van der Waals surface area contributed by atoms with Crippen molar-refractivity contribution in [2.75, 3.05) is 0 Å². The Hall–Kier alpha value is -3.17. The van der Waals surface area contributed by atoms with Crippen LogP contribution in [0, 0.1) is 0 Å². The van der Waals surface area contributed by atoms with Crippen LogP contribution >= 0.6 is 11.3 Å². The van der Waals surface area contributed by atoms with Gasteiger partial charge in [-0.1, -0.05) is 36.4 Å². The molecule has 0 radical (unpaired) electrons. The minimum atomic E-state index is 1.06. The second-order valence-corrected chi connectivity index (χ2v) is 7.59. The van der Waals surface area contributed by atoms with Crippen LogP contribution in [0.15, 0.2) is 85.1 Å². The van der Waals surface area contributed by atoms with Crippen LogP contribution in [0.4, 0.5) is 0 Å². The van der Waals surface area contributed by atoms with Gasteiger partial charge in [0.1, 0.15) is 0 Å². The van der Waals surface area contributed by atoms with E-state index in [0.29, 0.717) is 0 Å². The van der Waals surface area contributed by atoms with E-state index in [2.05, 4.69) is 77.4 Å². The topological polar surface area (TPSA) is 17.8 Å². The van der Waals surface area contributed by atoms with Crippen molar-refractivity contribution < 1.29 is 0 Å². The minimum Gasteiger partial charge on any atom is -0.308 e. The summed E-state index contributed by atoms with van der Waals surface area (Å²) in [4.78, 5) is 4.71. The smallest absolute Gasteiger partial charge is 0.0963 e. The van der Waals surface area contributed by atoms with Gasteiger partial charge >= 0.3 is 0 Å². The minimum absolute atomic E-state index is 1.06. The van der Waals surface area contributed by atoms with Gasteiger partial charge in [0.05, 0.1) is 16.6 Å². The Morgan fingerprint density at radius 2 is 1.50 bits per heavy atom. The molecule has 0 fully saturated rings. The van der Waals surface area contributed by atoms with Crippen molar-refractivity contribution in [3.05, 3.63) is 85.1 Å². The maximum Gasteiger partial charge on any atom is 0.0963 e. The fraction of sp³-hybridized carbons (Fsp3) is 0. The lowest BCUT2D eigenvalue weighted by Crippen LogP contribution is -1.92. The molecule has 0 aliphatic carbocycles. The van der Waals surface area contributed by atoms with E-state index in [9.17, 15) is 0 Å². The van der Waals surface area contributed by atoms with Gasteiger partial charge in [-0.2, -0.15) is 0 Å². The summed E-state index contributed by atoms with van der Waals surface area (Å²) >= 11 is 1.86. The number of pyridine rings is 1. The molecule has 6 rings (SSSR count). The molecule has 2 nitrogen and oxygen atoms in total. The summed E-state index contributed by atoms with van der Waals surface area (Å²) in [6.07, 6.45) is 1.88. The molecule has 26 heavy (non-hydrogen) atoms. The third kappa shape index (κ3) is 1.83. The van der Waals surface area contributed by atoms with Crippen molar-refractivity contribution in [1.29, 1.82) is 0 Å². The highest BCUT2D eigenvalue weighted by Crippen LogP contribution is 2.39. The van der Waals surface area contributed by atoms with E-state index < -0.39 is 0 Å². The number of para-hydroxylation sites is 1. The highest BCUT2D eigenvalue weighted by atomic mass is 32.1. The van der Waals surface area contributed by atoms with Gasteiger partial charge in [-0.3, -0.25) is 4.98 Å². The number of fused-ring (bicyclic) bond motifs is 6. The second-order valence-electron chi connectivity index (χ2n) is 6.51. The lowest BCUT2D eigenvalue weighted by atomic mass is 10.1. The molecule has 3 heterocycles. The van der Waals surface area contributed by atoms with Gasteiger partial charge in [0.15, 0.2) is 0 Å². The number of rotatable bonds is 1. The van der Waals surface area contributed by atoms with Crippen molar-refractivity contribution in [2.24, 2.45) is 0 Å². The Balaban J connectivity index is 1.85. The van der Waals surface area contributed by atoms with Gasteiger partial charge in [0, 0.05) is 37.4 Å². The van der Waals surface area contributed by atoms with Crippen LogP contribution in [0.1, 0.15) is 0 Å². The Kier molecular flexibility index (Phi) is 2.79. The predicted molar refractivity (Wildman–Crippen MR) is 111 cm³/mol. The Morgan fingerprint density at radius 3 is 2.42 bits per heavy atom. The number of hydrogen-bond donors (Lipinski definition) is 0. The van der Waals surface area contributed by atoms with Crippen molar-refractivity contribution in [1.82, 2.24) is 9.55 Å². The highest BCUT2D eigenvalue weighted by Gasteiger charge is 2.15. The molecule has 0 aliphatic rings. The van der Waals surface area contributed by atoms with Crippen molar-refractivity contribution >= 4 is 53.4 Å². The molecule has 0 bridgehead atoms. The second kappa shape index (κ2) is 5.16. The first kappa shape index (κ1) is 14.0. The zero-order valence-electron chi connectivity index (χ0n) is 13.9. The molecule has 0 saturated carbocycles. The normalized spacial score (nSPS) is 11.8. The van der Waals surface area contributed by atoms with Gasteiger partial charge in [-0.15, -0.1) is 11.3 Å². The number of nitrogens with zero attached hydrogens (tertiary/aromatic N) is 2. The summed E-state index contributed by atoms with van der Waals surface area (Å²) in [5.74, 6) is 0. The zero-order valence-corrected chi connectivity index (χ0v) is 14.7. The van der Waals surface area contributed by atoms with Crippen LogP contribution < -0.4 is 0 Å². The van der Waals surface area contributed by atoms with Crippen LogP contribution in [0.25, 0.3) is 47.8 Å². The largest absolute Gasteiger partial charge is 0.308 e. The van der Waals surface area contributed by atoms with Crippen molar-refractivity contribution in [2.45, 2.75) is 0 Å². The van der Waals surface area contributed by atoms with E-state index in [-0.39, 0.29) is 0 Å². The standard InChI is InChI=1S/C23H14N2S/c1-2-7-15(8-3-1)25-19-10-6-12-24-23(19)18-13-17-16-9-4-5-11-21(16)26-22(17)14-20(18)25/h1-14H. The van der Waals surface area contributed by atoms with E-state index in [4.69, 9.17) is 4.98 Å². The van der Waals surface area contributed by atoms with Crippen LogP contribution in [0.3, 0.4) is 0 Å². The average Bonchev–Trinajstić information content (AvgIpc) is 3.22. The maximum absolute atomic E-state index is 4.71. The van der Waals surface area contributed by atoms with Crippen LogP contribution in [-0.2, 0) is 0 Å². The van der Waals surface area contributed by atoms with Crippen LogP contribution in [0.5, 0.6) is 0 Å². The first-order chi connectivity index (χ1) is 12.9. The summed E-state index contributed by atoms with van der Waals surface area (Å²) in [7, 11) is 0.